The van der Waals surface area contributed by atoms with Crippen LogP contribution in [-0.4, -0.2) is 107 Å². The minimum Gasteiger partial charge on any atom is -0.481 e. The van der Waals surface area contributed by atoms with Crippen LogP contribution >= 0.6 is 11.3 Å². The number of carbonyl (C=O) groups excluding carboxylic acids is 7. The predicted molar refractivity (Wildman–Crippen MR) is 186 cm³/mol. The molecule has 18 nitrogen and oxygen atoms in total. The number of hydrogen-bond acceptors (Lipinski definition) is 11. The van der Waals surface area contributed by atoms with Crippen molar-refractivity contribution in [2.75, 3.05) is 19.7 Å². The molecule has 0 aliphatic rings. The molecule has 1 aromatic carbocycles. The molecule has 5 unspecified atom stereocenters. The molecule has 5 atom stereocenters. The van der Waals surface area contributed by atoms with Crippen LogP contribution in [-0.2, 0) is 44.8 Å². The maximum Gasteiger partial charge on any atom is 0.305 e. The molecule has 7 amide bonds. The van der Waals surface area contributed by atoms with Crippen LogP contribution in [0.25, 0.3) is 10.1 Å². The van der Waals surface area contributed by atoms with Crippen molar-refractivity contribution < 1.29 is 48.6 Å². The second-order valence-electron chi connectivity index (χ2n) is 12.1. The lowest BCUT2D eigenvalue weighted by Crippen LogP contribution is -2.59. The summed E-state index contributed by atoms with van der Waals surface area (Å²) in [5.74, 6) is -7.55. The van der Waals surface area contributed by atoms with Crippen LogP contribution < -0.4 is 43.4 Å². The number of hydrogen-bond donors (Lipinski definition) is 10. The maximum absolute atomic E-state index is 13.6. The third-order valence-corrected chi connectivity index (χ3v) is 8.48. The summed E-state index contributed by atoms with van der Waals surface area (Å²) < 4.78 is 0.899. The third kappa shape index (κ3) is 13.9. The molecule has 19 heteroatoms. The fraction of sp³-hybridized carbons (Fsp3) is 0.500. The van der Waals surface area contributed by atoms with Crippen molar-refractivity contribution >= 4 is 68.7 Å². The zero-order valence-electron chi connectivity index (χ0n) is 28.5. The number of aliphatic hydroxyl groups is 1. The normalized spacial score (nSPS) is 13.9. The molecule has 51 heavy (non-hydrogen) atoms. The monoisotopic (exact) mass is 734 g/mol. The number of nitrogens with one attached hydrogen (secondary N) is 6. The molecule has 2 rings (SSSR count). The highest BCUT2D eigenvalue weighted by Gasteiger charge is 2.32. The van der Waals surface area contributed by atoms with Crippen molar-refractivity contribution in [1.82, 2.24) is 31.9 Å². The Kier molecular flexibility index (Phi) is 16.9. The van der Waals surface area contributed by atoms with E-state index in [4.69, 9.17) is 21.7 Å². The molecule has 0 radical (unpaired) electrons. The van der Waals surface area contributed by atoms with E-state index in [2.05, 4.69) is 31.9 Å². The van der Waals surface area contributed by atoms with Crippen LogP contribution in [0.2, 0.25) is 0 Å². The van der Waals surface area contributed by atoms with Crippen LogP contribution in [0, 0.1) is 5.92 Å². The second-order valence-corrected chi connectivity index (χ2v) is 13.0. The smallest absolute Gasteiger partial charge is 0.305 e. The lowest BCUT2D eigenvalue weighted by molar-refractivity contribution is -0.140. The number of fused-ring (bicyclic) bond motifs is 1. The molecule has 0 saturated carbocycles. The standard InChI is InChI=1S/C32H46N8O10S/c1-16(2)27(32(50)36-14-25(43)35-9-6-10-41)40-28(46)17(3)37-30(48)22(13-24(34)42)39-31(49)21(38-29(47)20(33)12-26(44)45)11-18-15-51-23-8-5-4-7-19(18)23/h4-5,7-8,15-17,20-22,27,41H,6,9-14,33H2,1-3H3,(H2,34,42)(H,35,43)(H,36,50)(H,37,48)(H,38,47)(H,39,49)(H,40,46)(H,44,45). The van der Waals surface area contributed by atoms with Gasteiger partial charge in [-0.3, -0.25) is 38.4 Å². The predicted octanol–water partition coefficient (Wildman–Crippen LogP) is -2.65. The minimum atomic E-state index is -1.61. The third-order valence-electron chi connectivity index (χ3n) is 7.47. The topological polar surface area (TPSA) is 301 Å². The first-order valence-corrected chi connectivity index (χ1v) is 17.0. The van der Waals surface area contributed by atoms with Crippen LogP contribution in [0.5, 0.6) is 0 Å². The van der Waals surface area contributed by atoms with Crippen LogP contribution in [0.1, 0.15) is 45.6 Å². The van der Waals surface area contributed by atoms with Crippen molar-refractivity contribution in [2.24, 2.45) is 17.4 Å². The summed E-state index contributed by atoms with van der Waals surface area (Å²) in [6.45, 7) is 4.32. The summed E-state index contributed by atoms with van der Waals surface area (Å²) in [6, 6.07) is 0.427. The number of aliphatic hydroxyl groups excluding tert-OH is 1. The number of carboxylic acid groups (broad SMARTS) is 1. The molecule has 280 valence electrons. The molecule has 1 heterocycles. The summed E-state index contributed by atoms with van der Waals surface area (Å²) in [7, 11) is 0. The van der Waals surface area contributed by atoms with E-state index in [1.807, 2.05) is 18.2 Å². The van der Waals surface area contributed by atoms with E-state index in [0.29, 0.717) is 12.0 Å². The highest BCUT2D eigenvalue weighted by Crippen LogP contribution is 2.26. The average Bonchev–Trinajstić information content (AvgIpc) is 3.47. The van der Waals surface area contributed by atoms with E-state index < -0.39 is 96.3 Å². The number of aliphatic carboxylic acids is 1. The molecule has 0 aliphatic carbocycles. The largest absolute Gasteiger partial charge is 0.481 e. The Bertz CT molecular complexity index is 1580. The van der Waals surface area contributed by atoms with Crippen molar-refractivity contribution in [2.45, 2.75) is 76.7 Å². The number of primary amides is 1. The van der Waals surface area contributed by atoms with Gasteiger partial charge in [0, 0.05) is 24.3 Å². The SMILES string of the molecule is CC(NC(=O)C(CC(N)=O)NC(=O)C(Cc1csc2ccccc12)NC(=O)C(N)CC(=O)O)C(=O)NC(C(=O)NCC(=O)NCCCO)C(C)C. The van der Waals surface area contributed by atoms with Crippen molar-refractivity contribution in [3.8, 4) is 0 Å². The summed E-state index contributed by atoms with van der Waals surface area (Å²) in [5, 5.41) is 35.1. The first kappa shape index (κ1) is 42.0. The number of nitrogens with two attached hydrogens (primary N) is 2. The molecule has 12 N–H and O–H groups in total. The van der Waals surface area contributed by atoms with Crippen molar-refractivity contribution in [1.29, 1.82) is 0 Å². The molecule has 0 spiro atoms. The van der Waals surface area contributed by atoms with E-state index in [-0.39, 0.29) is 26.1 Å². The Balaban J connectivity index is 2.17. The minimum absolute atomic E-state index is 0.0892. The average molecular weight is 735 g/mol. The van der Waals surface area contributed by atoms with E-state index in [0.717, 1.165) is 10.1 Å². The highest BCUT2D eigenvalue weighted by molar-refractivity contribution is 7.17. The van der Waals surface area contributed by atoms with Gasteiger partial charge in [-0.15, -0.1) is 11.3 Å². The molecule has 1 aromatic heterocycles. The van der Waals surface area contributed by atoms with Gasteiger partial charge in [0.05, 0.1) is 25.4 Å². The first-order chi connectivity index (χ1) is 24.0. The van der Waals surface area contributed by atoms with Gasteiger partial charge < -0.3 is 53.6 Å². The van der Waals surface area contributed by atoms with Gasteiger partial charge in [-0.05, 0) is 41.7 Å². The van der Waals surface area contributed by atoms with Crippen molar-refractivity contribution in [3.05, 3.63) is 35.2 Å². The maximum atomic E-state index is 13.6. The van der Waals surface area contributed by atoms with Crippen molar-refractivity contribution in [3.63, 3.8) is 0 Å². The van der Waals surface area contributed by atoms with Gasteiger partial charge in [0.25, 0.3) is 0 Å². The number of rotatable bonds is 21. The lowest BCUT2D eigenvalue weighted by atomic mass is 10.0. The molecular formula is C32H46N8O10S. The second kappa shape index (κ2) is 20.5. The van der Waals surface area contributed by atoms with Crippen LogP contribution in [0.4, 0.5) is 0 Å². The Morgan fingerprint density at radius 2 is 1.45 bits per heavy atom. The van der Waals surface area contributed by atoms with E-state index in [9.17, 15) is 38.4 Å². The van der Waals surface area contributed by atoms with Gasteiger partial charge in [-0.2, -0.15) is 0 Å². The molecular weight excluding hydrogens is 688 g/mol. The number of carbonyl (C=O) groups is 8. The summed E-state index contributed by atoms with van der Waals surface area (Å²) in [5.41, 5.74) is 11.7. The lowest BCUT2D eigenvalue weighted by Gasteiger charge is -2.26. The zero-order valence-corrected chi connectivity index (χ0v) is 29.3. The van der Waals surface area contributed by atoms with Gasteiger partial charge in [-0.25, -0.2) is 0 Å². The van der Waals surface area contributed by atoms with Crippen LogP contribution in [0.15, 0.2) is 29.6 Å². The Morgan fingerprint density at radius 3 is 2.08 bits per heavy atom. The highest BCUT2D eigenvalue weighted by atomic mass is 32.1. The first-order valence-electron chi connectivity index (χ1n) is 16.1. The summed E-state index contributed by atoms with van der Waals surface area (Å²) >= 11 is 1.39. The fourth-order valence-corrected chi connectivity index (χ4v) is 5.68. The van der Waals surface area contributed by atoms with Gasteiger partial charge in [-0.1, -0.05) is 32.0 Å². The number of benzene rings is 1. The van der Waals surface area contributed by atoms with E-state index in [1.54, 1.807) is 25.3 Å². The molecule has 2 aromatic rings. The molecule has 0 saturated heterocycles. The van der Waals surface area contributed by atoms with Gasteiger partial charge in [0.2, 0.25) is 41.4 Å². The van der Waals surface area contributed by atoms with E-state index in [1.165, 1.54) is 18.3 Å². The fourth-order valence-electron chi connectivity index (χ4n) is 4.70. The summed E-state index contributed by atoms with van der Waals surface area (Å²) in [4.78, 5) is 100. The number of thiophene rings is 1. The zero-order chi connectivity index (χ0) is 38.2. The van der Waals surface area contributed by atoms with Gasteiger partial charge in [0.1, 0.15) is 24.2 Å². The number of amides is 7. The van der Waals surface area contributed by atoms with Crippen LogP contribution in [0.3, 0.4) is 0 Å². The van der Waals surface area contributed by atoms with Gasteiger partial charge in [0.15, 0.2) is 0 Å². The molecule has 0 aliphatic heterocycles. The Labute approximate surface area is 297 Å². The Hall–Kier alpha value is -5.14. The number of carboxylic acids is 1. The van der Waals surface area contributed by atoms with E-state index >= 15 is 0 Å². The van der Waals surface area contributed by atoms with Gasteiger partial charge >= 0.3 is 5.97 Å². The summed E-state index contributed by atoms with van der Waals surface area (Å²) in [6.07, 6.45) is -1.16. The molecule has 0 bridgehead atoms. The quantitative estimate of drug-likeness (QED) is 0.0591. The Morgan fingerprint density at radius 1 is 0.804 bits per heavy atom. The molecule has 0 fully saturated rings.